The van der Waals surface area contributed by atoms with Gasteiger partial charge in [0, 0.05) is 17.8 Å². The van der Waals surface area contributed by atoms with E-state index in [-0.39, 0.29) is 6.10 Å². The Hall–Kier alpha value is -2.19. The molecular weight excluding hydrogens is 386 g/mol. The van der Waals surface area contributed by atoms with Crippen LogP contribution in [0.15, 0.2) is 35.2 Å². The maximum Gasteiger partial charge on any atom is 0.178 e. The van der Waals surface area contributed by atoms with Crippen molar-refractivity contribution in [3.8, 4) is 28.7 Å². The molecule has 0 spiro atoms. The molecule has 1 aliphatic heterocycles. The molecule has 1 aliphatic rings. The second kappa shape index (κ2) is 6.61. The van der Waals surface area contributed by atoms with Gasteiger partial charge in [0.15, 0.2) is 5.82 Å². The molecule has 0 N–H and O–H groups in total. The lowest BCUT2D eigenvalue weighted by Gasteiger charge is -2.10. The van der Waals surface area contributed by atoms with Crippen molar-refractivity contribution in [2.45, 2.75) is 26.1 Å². The van der Waals surface area contributed by atoms with E-state index in [1.165, 1.54) is 0 Å². The minimum Gasteiger partial charge on any atom is -0.491 e. The summed E-state index contributed by atoms with van der Waals surface area (Å²) in [6.07, 6.45) is 3.61. The molecule has 0 saturated carbocycles. The van der Waals surface area contributed by atoms with Crippen molar-refractivity contribution in [3.05, 3.63) is 35.2 Å². The third-order valence-corrected chi connectivity index (χ3v) is 4.72. The van der Waals surface area contributed by atoms with Crippen LogP contribution in [0.1, 0.15) is 6.92 Å². The van der Waals surface area contributed by atoms with Crippen LogP contribution in [0.3, 0.4) is 0 Å². The number of benzene rings is 1. The normalized spacial score (nSPS) is 14.4. The van der Waals surface area contributed by atoms with Crippen LogP contribution in [-0.4, -0.2) is 44.1 Å². The topological polar surface area (TPSA) is 67.0 Å². The van der Waals surface area contributed by atoms with Gasteiger partial charge in [0.05, 0.1) is 24.8 Å². The van der Waals surface area contributed by atoms with Crippen LogP contribution >= 0.6 is 15.9 Å². The Bertz CT molecular complexity index is 904. The van der Waals surface area contributed by atoms with Gasteiger partial charge in [0.1, 0.15) is 30.2 Å². The summed E-state index contributed by atoms with van der Waals surface area (Å²) in [6.45, 7) is 3.96. The van der Waals surface area contributed by atoms with Gasteiger partial charge in [-0.2, -0.15) is 5.10 Å². The number of halogens is 1. The van der Waals surface area contributed by atoms with Crippen molar-refractivity contribution in [1.82, 2.24) is 24.3 Å². The van der Waals surface area contributed by atoms with Gasteiger partial charge >= 0.3 is 0 Å². The zero-order valence-electron chi connectivity index (χ0n) is 14.0. The van der Waals surface area contributed by atoms with Gasteiger partial charge in [0.2, 0.25) is 0 Å². The summed E-state index contributed by atoms with van der Waals surface area (Å²) >= 11 is 3.49. The van der Waals surface area contributed by atoms with Gasteiger partial charge in [0.25, 0.3) is 0 Å². The molecule has 0 saturated heterocycles. The summed E-state index contributed by atoms with van der Waals surface area (Å²) in [5.74, 6) is 2.45. The number of hydrogen-bond acceptors (Lipinski definition) is 5. The number of rotatable bonds is 4. The molecule has 25 heavy (non-hydrogen) atoms. The Labute approximate surface area is 153 Å². The second-order valence-electron chi connectivity index (χ2n) is 5.94. The third-order valence-electron chi connectivity index (χ3n) is 4.23. The molecule has 8 heteroatoms. The summed E-state index contributed by atoms with van der Waals surface area (Å²) < 4.78 is 16.1. The van der Waals surface area contributed by atoms with E-state index in [9.17, 15) is 0 Å². The van der Waals surface area contributed by atoms with Gasteiger partial charge in [-0.05, 0) is 25.1 Å². The number of ether oxygens (including phenoxy) is 2. The highest BCUT2D eigenvalue weighted by atomic mass is 79.9. The SMILES string of the molecule is COC(C)Cn1ncnc1-c1cn2c(n1)-c1ccc(Br)cc1OCC2. The minimum absolute atomic E-state index is 0.0485. The van der Waals surface area contributed by atoms with Crippen molar-refractivity contribution in [2.75, 3.05) is 13.7 Å². The van der Waals surface area contributed by atoms with E-state index in [4.69, 9.17) is 14.5 Å². The maximum absolute atomic E-state index is 5.85. The average Bonchev–Trinajstić information content (AvgIpc) is 3.18. The molecular formula is C17H18BrN5O2. The minimum atomic E-state index is 0.0485. The summed E-state index contributed by atoms with van der Waals surface area (Å²) in [5.41, 5.74) is 1.77. The first kappa shape index (κ1) is 16.3. The van der Waals surface area contributed by atoms with Crippen molar-refractivity contribution in [3.63, 3.8) is 0 Å². The molecule has 3 aromatic rings. The van der Waals surface area contributed by atoms with Crippen molar-refractivity contribution in [2.24, 2.45) is 0 Å². The van der Waals surface area contributed by atoms with Gasteiger partial charge in [-0.3, -0.25) is 0 Å². The zero-order valence-corrected chi connectivity index (χ0v) is 15.6. The van der Waals surface area contributed by atoms with Crippen LogP contribution in [0.25, 0.3) is 22.9 Å². The van der Waals surface area contributed by atoms with Gasteiger partial charge < -0.3 is 14.0 Å². The van der Waals surface area contributed by atoms with Crippen LogP contribution < -0.4 is 4.74 Å². The van der Waals surface area contributed by atoms with Gasteiger partial charge in [-0.1, -0.05) is 15.9 Å². The Morgan fingerprint density at radius 2 is 2.24 bits per heavy atom. The summed E-state index contributed by atoms with van der Waals surface area (Å²) in [7, 11) is 1.69. The Balaban J connectivity index is 1.76. The lowest BCUT2D eigenvalue weighted by molar-refractivity contribution is 0.100. The highest BCUT2D eigenvalue weighted by Crippen LogP contribution is 2.35. The van der Waals surface area contributed by atoms with Crippen LogP contribution in [0.4, 0.5) is 0 Å². The van der Waals surface area contributed by atoms with E-state index in [0.29, 0.717) is 13.2 Å². The molecule has 130 valence electrons. The first-order valence-corrected chi connectivity index (χ1v) is 8.86. The standard InChI is InChI=1S/C17H18BrN5O2/c1-11(24-2)8-23-17(19-10-20-23)14-9-22-5-6-25-15-7-12(18)3-4-13(15)16(22)21-14/h3-4,7,9-11H,5-6,8H2,1-2H3. The van der Waals surface area contributed by atoms with Crippen LogP contribution in [0, 0.1) is 0 Å². The van der Waals surface area contributed by atoms with Crippen molar-refractivity contribution in [1.29, 1.82) is 0 Å². The molecule has 1 aromatic carbocycles. The molecule has 3 heterocycles. The first-order chi connectivity index (χ1) is 12.2. The van der Waals surface area contributed by atoms with Crippen molar-refractivity contribution < 1.29 is 9.47 Å². The highest BCUT2D eigenvalue weighted by molar-refractivity contribution is 9.10. The lowest BCUT2D eigenvalue weighted by atomic mass is 10.2. The maximum atomic E-state index is 5.85. The molecule has 0 amide bonds. The van der Waals surface area contributed by atoms with Crippen LogP contribution in [0.5, 0.6) is 5.75 Å². The number of fused-ring (bicyclic) bond motifs is 3. The third kappa shape index (κ3) is 3.07. The highest BCUT2D eigenvalue weighted by Gasteiger charge is 2.21. The predicted octanol–water partition coefficient (Wildman–Crippen LogP) is 3.00. The largest absolute Gasteiger partial charge is 0.491 e. The molecule has 4 rings (SSSR count). The molecule has 1 atom stereocenters. The molecule has 0 radical (unpaired) electrons. The zero-order chi connectivity index (χ0) is 17.4. The summed E-state index contributed by atoms with van der Waals surface area (Å²) in [4.78, 5) is 9.21. The Kier molecular flexibility index (Phi) is 4.30. The lowest BCUT2D eigenvalue weighted by Crippen LogP contribution is -2.16. The smallest absolute Gasteiger partial charge is 0.178 e. The van der Waals surface area contributed by atoms with Crippen LogP contribution in [0.2, 0.25) is 0 Å². The fraction of sp³-hybridized carbons (Fsp3) is 0.353. The quantitative estimate of drug-likeness (QED) is 0.669. The summed E-state index contributed by atoms with van der Waals surface area (Å²) in [6, 6.07) is 5.99. The number of methoxy groups -OCH3 is 1. The molecule has 0 aliphatic carbocycles. The predicted molar refractivity (Wildman–Crippen MR) is 96.3 cm³/mol. The molecule has 0 bridgehead atoms. The number of hydrogen-bond donors (Lipinski definition) is 0. The Morgan fingerprint density at radius 1 is 1.36 bits per heavy atom. The van der Waals surface area contributed by atoms with E-state index < -0.39 is 0 Å². The molecule has 7 nitrogen and oxygen atoms in total. The van der Waals surface area contributed by atoms with Crippen molar-refractivity contribution >= 4 is 15.9 Å². The Morgan fingerprint density at radius 3 is 3.08 bits per heavy atom. The van der Waals surface area contributed by atoms with E-state index in [1.807, 2.05) is 36.0 Å². The number of nitrogens with zero attached hydrogens (tertiary/aromatic N) is 5. The van der Waals surface area contributed by atoms with E-state index in [1.54, 1.807) is 13.4 Å². The molecule has 0 fully saturated rings. The number of imidazole rings is 1. The monoisotopic (exact) mass is 403 g/mol. The van der Waals surface area contributed by atoms with Crippen LogP contribution in [-0.2, 0) is 17.8 Å². The van der Waals surface area contributed by atoms with E-state index >= 15 is 0 Å². The van der Waals surface area contributed by atoms with E-state index in [0.717, 1.165) is 39.7 Å². The molecule has 1 unspecified atom stereocenters. The summed E-state index contributed by atoms with van der Waals surface area (Å²) in [5, 5.41) is 4.31. The van der Waals surface area contributed by atoms with Gasteiger partial charge in [-0.25, -0.2) is 14.6 Å². The van der Waals surface area contributed by atoms with E-state index in [2.05, 4.69) is 30.6 Å². The second-order valence-corrected chi connectivity index (χ2v) is 6.86. The first-order valence-electron chi connectivity index (χ1n) is 8.06. The molecule has 2 aromatic heterocycles. The fourth-order valence-electron chi connectivity index (χ4n) is 2.88. The number of aromatic nitrogens is 5. The van der Waals surface area contributed by atoms with Gasteiger partial charge in [-0.15, -0.1) is 0 Å². The fourth-order valence-corrected chi connectivity index (χ4v) is 3.22. The average molecular weight is 404 g/mol.